The van der Waals surface area contributed by atoms with Crippen molar-refractivity contribution in [2.45, 2.75) is 98.8 Å². The Balaban J connectivity index is 0.000000194. The lowest BCUT2D eigenvalue weighted by molar-refractivity contribution is 0.305. The number of methoxy groups -OCH3 is 1. The molecule has 12 aromatic rings. The molecule has 0 spiro atoms. The van der Waals surface area contributed by atoms with Crippen LogP contribution in [0, 0.1) is 71.0 Å². The van der Waals surface area contributed by atoms with Crippen LogP contribution in [0.25, 0.3) is 0 Å². The number of hydrogen-bond acceptors (Lipinski definition) is 12. The van der Waals surface area contributed by atoms with Gasteiger partial charge in [-0.25, -0.2) is 29.9 Å². The first-order valence-electron chi connectivity index (χ1n) is 38.3. The van der Waals surface area contributed by atoms with Crippen molar-refractivity contribution in [2.75, 3.05) is 40.1 Å². The Morgan fingerprint density at radius 3 is 0.641 bits per heavy atom. The fourth-order valence-electron chi connectivity index (χ4n) is 9.34. The van der Waals surface area contributed by atoms with E-state index in [1.54, 1.807) is 111 Å². The van der Waals surface area contributed by atoms with Crippen LogP contribution in [0.1, 0.15) is 166 Å². The summed E-state index contributed by atoms with van der Waals surface area (Å²) in [7, 11) is 1.64. The summed E-state index contributed by atoms with van der Waals surface area (Å²) in [5, 5.41) is 3.69. The zero-order valence-electron chi connectivity index (χ0n) is 66.3. The first-order valence-corrected chi connectivity index (χ1v) is 40.5. The fraction of sp³-hybridized carbons (Fsp3) is 0.212. The van der Waals surface area contributed by atoms with Crippen molar-refractivity contribution in [2.24, 2.45) is 0 Å². The van der Waals surface area contributed by atoms with Gasteiger partial charge in [0.2, 0.25) is 0 Å². The summed E-state index contributed by atoms with van der Waals surface area (Å²) < 4.78 is 32.9. The van der Waals surface area contributed by atoms with Gasteiger partial charge in [0.1, 0.15) is 68.7 Å². The second kappa shape index (κ2) is 55.6. The molecule has 0 saturated carbocycles. The topological polar surface area (TPSA) is 133 Å². The van der Waals surface area contributed by atoms with Crippen LogP contribution in [-0.4, -0.2) is 70.0 Å². The molecule has 0 saturated heterocycles. The van der Waals surface area contributed by atoms with E-state index < -0.39 is 0 Å². The molecule has 0 bridgehead atoms. The lowest BCUT2D eigenvalue weighted by Gasteiger charge is -2.05. The largest absolute Gasteiger partial charge is 0.497 e. The highest BCUT2D eigenvalue weighted by Crippen LogP contribution is 2.20. The minimum atomic E-state index is 0.611. The summed E-state index contributed by atoms with van der Waals surface area (Å²) in [4.78, 5) is 24.7. The Morgan fingerprint density at radius 2 is 0.427 bits per heavy atom. The summed E-state index contributed by atoms with van der Waals surface area (Å²) >= 11 is 34.6. The minimum Gasteiger partial charge on any atom is -0.497 e. The summed E-state index contributed by atoms with van der Waals surface area (Å²) in [5.74, 6) is 41.5. The van der Waals surface area contributed by atoms with Gasteiger partial charge in [-0.3, -0.25) is 0 Å². The molecule has 0 atom stereocenters. The van der Waals surface area contributed by atoms with Crippen LogP contribution in [0.4, 0.5) is 0 Å². The molecule has 0 fully saturated rings. The number of unbranched alkanes of at least 4 members (excludes halogenated alkanes) is 6. The third-order valence-electron chi connectivity index (χ3n) is 15.6. The van der Waals surface area contributed by atoms with Crippen LogP contribution in [-0.2, 0) is 0 Å². The van der Waals surface area contributed by atoms with Gasteiger partial charge in [0.05, 0.1) is 70.3 Å². The molecule has 12 rings (SSSR count). The van der Waals surface area contributed by atoms with Gasteiger partial charge >= 0.3 is 0 Å². The van der Waals surface area contributed by atoms with Gasteiger partial charge in [-0.2, -0.15) is 0 Å². The van der Waals surface area contributed by atoms with Crippen LogP contribution >= 0.6 is 69.6 Å². The van der Waals surface area contributed by atoms with E-state index in [2.05, 4.69) is 129 Å². The highest BCUT2D eigenvalue weighted by molar-refractivity contribution is 6.31. The van der Waals surface area contributed by atoms with Gasteiger partial charge in [0, 0.05) is 70.6 Å². The molecule has 0 aliphatic rings. The number of rotatable bonds is 21. The Labute approximate surface area is 720 Å². The quantitative estimate of drug-likeness (QED) is 0.0501. The lowest BCUT2D eigenvalue weighted by atomic mass is 10.2. The number of halogens is 6. The van der Waals surface area contributed by atoms with E-state index in [0.29, 0.717) is 70.9 Å². The van der Waals surface area contributed by atoms with Gasteiger partial charge in [-0.05, 0) is 287 Å². The van der Waals surface area contributed by atoms with Gasteiger partial charge in [0.25, 0.3) is 0 Å². The minimum absolute atomic E-state index is 0.611. The van der Waals surface area contributed by atoms with Gasteiger partial charge < -0.3 is 28.4 Å². The third-order valence-corrected chi connectivity index (χ3v) is 16.9. The molecule has 6 aromatic heterocycles. The van der Waals surface area contributed by atoms with E-state index in [1.807, 2.05) is 159 Å². The van der Waals surface area contributed by atoms with E-state index >= 15 is 0 Å². The highest BCUT2D eigenvalue weighted by Gasteiger charge is 2.02. The molecular weight excluding hydrogens is 1580 g/mol. The van der Waals surface area contributed by atoms with Crippen LogP contribution in [0.3, 0.4) is 0 Å². The third kappa shape index (κ3) is 39.8. The Hall–Kier alpha value is -11.9. The molecule has 117 heavy (non-hydrogen) atoms. The monoisotopic (exact) mass is 1670 g/mol. The average Bonchev–Trinajstić information content (AvgIpc) is 0.912. The first kappa shape index (κ1) is 92.3. The summed E-state index contributed by atoms with van der Waals surface area (Å²) in [5.41, 5.74) is 9.82. The second-order valence-corrected chi connectivity index (χ2v) is 27.6. The zero-order chi connectivity index (χ0) is 83.1. The number of benzene rings is 6. The Bertz CT molecular complexity index is 5250. The van der Waals surface area contributed by atoms with Gasteiger partial charge in [0.15, 0.2) is 0 Å². The Morgan fingerprint density at radius 1 is 0.214 bits per heavy atom. The molecule has 6 heterocycles. The predicted octanol–water partition coefficient (Wildman–Crippen LogP) is 24.7. The summed E-state index contributed by atoms with van der Waals surface area (Å²) in [6, 6.07) is 67.9. The van der Waals surface area contributed by atoms with Crippen LogP contribution < -0.4 is 28.4 Å². The molecule has 0 radical (unpaired) electrons. The van der Waals surface area contributed by atoms with Crippen molar-refractivity contribution in [1.29, 1.82) is 0 Å². The van der Waals surface area contributed by atoms with Gasteiger partial charge in [-0.15, -0.1) is 0 Å². The normalized spacial score (nSPS) is 9.64. The van der Waals surface area contributed by atoms with Crippen molar-refractivity contribution in [3.63, 3.8) is 0 Å². The van der Waals surface area contributed by atoms with Crippen LogP contribution in [0.15, 0.2) is 256 Å². The second-order valence-electron chi connectivity index (χ2n) is 25.0. The molecule has 18 heteroatoms. The number of ether oxygens (including phenoxy) is 6. The Kier molecular flexibility index (Phi) is 43.9. The van der Waals surface area contributed by atoms with Crippen molar-refractivity contribution in [3.8, 4) is 106 Å². The number of aromatic nitrogens is 6. The number of hydrogen-bond donors (Lipinski definition) is 0. The van der Waals surface area contributed by atoms with E-state index in [1.165, 1.54) is 32.1 Å². The van der Waals surface area contributed by atoms with E-state index in [4.69, 9.17) is 98.0 Å². The molecule has 0 aliphatic heterocycles. The maximum absolute atomic E-state index is 5.79. The molecule has 0 N–H and O–H groups in total. The van der Waals surface area contributed by atoms with Crippen LogP contribution in [0.5, 0.6) is 34.5 Å². The van der Waals surface area contributed by atoms with E-state index in [0.717, 1.165) is 126 Å². The van der Waals surface area contributed by atoms with Crippen molar-refractivity contribution in [1.82, 2.24) is 29.9 Å². The standard InChI is InChI=1S/C19H20ClNO.C18H18ClNO.C17H16ClNO.C16H14ClNO.C15H12ClNO.C14H10ClNO/c1-2-3-4-5-14-22-19-12-7-16(8-13-19)6-10-18-11-9-17(20)15-21-18;1-2-3-4-13-21-18-11-6-15(7-12-18)5-9-17-10-8-16(19)14-20-17;1-2-3-12-20-17-10-5-14(6-11-17)4-8-16-9-7-15(18)13-19-16;1-2-11-19-16-9-4-13(5-10-16)3-7-15-8-6-14(17)12-18-15;1-2-18-15-9-4-12(5-10-15)3-7-14-8-6-13(16)11-17-14;1-17-14-8-3-11(4-9-14)2-6-13-7-5-12(15)10-16-13/h7-9,11-13,15H,2-5,14H2,1H3;6-8,10-12,14H,2-4,13H2,1H3;5-7,9-11,13H,2-3,12H2,1H3;4-6,8-10,12H,2,11H2,1H3;4-6,8-11H,2H2,1H3;3-5,7-10H,1H3. The number of pyridine rings is 6. The molecule has 0 amide bonds. The molecule has 594 valence electrons. The fourth-order valence-corrected chi connectivity index (χ4v) is 10.0. The molecule has 0 unspecified atom stereocenters. The summed E-state index contributed by atoms with van der Waals surface area (Å²) in [6.07, 6.45) is 21.1. The highest BCUT2D eigenvalue weighted by atomic mass is 35.5. The molecule has 0 aliphatic carbocycles. The van der Waals surface area contributed by atoms with Crippen LogP contribution in [0.2, 0.25) is 30.1 Å². The molecular formula is C99H90Cl6N6O6. The smallest absolute Gasteiger partial charge is 0.119 e. The summed E-state index contributed by atoms with van der Waals surface area (Å²) in [6.45, 7) is 14.3. The zero-order valence-corrected chi connectivity index (χ0v) is 70.8. The lowest BCUT2D eigenvalue weighted by Crippen LogP contribution is -1.96. The number of nitrogens with zero attached hydrogens (tertiary/aromatic N) is 6. The van der Waals surface area contributed by atoms with Crippen molar-refractivity contribution >= 4 is 69.6 Å². The van der Waals surface area contributed by atoms with Gasteiger partial charge in [-0.1, -0.05) is 171 Å². The average molecular weight is 1670 g/mol. The maximum Gasteiger partial charge on any atom is 0.119 e. The first-order chi connectivity index (χ1) is 57.2. The van der Waals surface area contributed by atoms with Crippen molar-refractivity contribution < 1.29 is 28.4 Å². The van der Waals surface area contributed by atoms with E-state index in [-0.39, 0.29) is 0 Å². The SMILES string of the molecule is CCCCCCOc1ccc(C#Cc2ccc(Cl)cn2)cc1.CCCCCOc1ccc(C#Cc2ccc(Cl)cn2)cc1.CCCCOc1ccc(C#Cc2ccc(Cl)cn2)cc1.CCCOc1ccc(C#Cc2ccc(Cl)cn2)cc1.CCOc1ccc(C#Cc2ccc(Cl)cn2)cc1.COc1ccc(C#Cc2ccc(Cl)cn2)cc1. The van der Waals surface area contributed by atoms with E-state index in [9.17, 15) is 0 Å². The maximum atomic E-state index is 5.79. The predicted molar refractivity (Wildman–Crippen MR) is 479 cm³/mol. The molecule has 12 nitrogen and oxygen atoms in total. The molecule has 6 aromatic carbocycles. The van der Waals surface area contributed by atoms with Crippen molar-refractivity contribution in [3.05, 3.63) is 353 Å².